The topological polar surface area (TPSA) is 23.8 Å². The molecule has 0 amide bonds. The zero-order valence-electron chi connectivity index (χ0n) is 6.35. The third-order valence-electron chi connectivity index (χ3n) is 1.54. The quantitative estimate of drug-likeness (QED) is 0.767. The summed E-state index contributed by atoms with van der Waals surface area (Å²) in [7, 11) is 0. The first-order valence-corrected chi connectivity index (χ1v) is 5.44. The molecular weight excluding hydrogens is 282 g/mol. The number of hydrogen-bond donors (Lipinski definition) is 0. The highest BCUT2D eigenvalue weighted by atomic mass is 79.9. The molecule has 0 spiro atoms. The number of hydrogen-bond acceptors (Lipinski definition) is 1. The van der Waals surface area contributed by atoms with E-state index in [-0.39, 0.29) is 0 Å². The number of rotatable bonds is 2. The normalized spacial score (nSPS) is 9.42. The van der Waals surface area contributed by atoms with Crippen LogP contribution in [-0.2, 0) is 6.42 Å². The summed E-state index contributed by atoms with van der Waals surface area (Å²) in [4.78, 5) is 0. The monoisotopic (exact) mass is 287 g/mol. The van der Waals surface area contributed by atoms with Crippen LogP contribution >= 0.6 is 31.9 Å². The summed E-state index contributed by atoms with van der Waals surface area (Å²) in [5, 5.41) is 9.60. The molecule has 1 rings (SSSR count). The average Bonchev–Trinajstić information content (AvgIpc) is 2.05. The van der Waals surface area contributed by atoms with Crippen molar-refractivity contribution in [3.05, 3.63) is 33.8 Å². The molecule has 0 heterocycles. The standard InChI is InChI=1S/C9H7Br2N/c10-4-3-7-1-2-8(6-12)9(11)5-7/h1-2,5H,3-4H2. The van der Waals surface area contributed by atoms with Gasteiger partial charge in [0, 0.05) is 9.80 Å². The summed E-state index contributed by atoms with van der Waals surface area (Å²) >= 11 is 6.71. The van der Waals surface area contributed by atoms with Gasteiger partial charge in [-0.3, -0.25) is 0 Å². The average molecular weight is 289 g/mol. The Labute approximate surface area is 88.7 Å². The second kappa shape index (κ2) is 4.64. The molecule has 0 fully saturated rings. The molecule has 0 saturated carbocycles. The highest BCUT2D eigenvalue weighted by Crippen LogP contribution is 2.18. The van der Waals surface area contributed by atoms with Crippen LogP contribution in [0.25, 0.3) is 0 Å². The Morgan fingerprint density at radius 1 is 1.42 bits per heavy atom. The SMILES string of the molecule is N#Cc1ccc(CCBr)cc1Br. The Morgan fingerprint density at radius 3 is 2.67 bits per heavy atom. The molecule has 0 aromatic heterocycles. The van der Waals surface area contributed by atoms with Gasteiger partial charge in [0.15, 0.2) is 0 Å². The van der Waals surface area contributed by atoms with Gasteiger partial charge < -0.3 is 0 Å². The van der Waals surface area contributed by atoms with Crippen LogP contribution in [0.4, 0.5) is 0 Å². The van der Waals surface area contributed by atoms with Crippen molar-refractivity contribution in [3.8, 4) is 6.07 Å². The van der Waals surface area contributed by atoms with Gasteiger partial charge in [-0.2, -0.15) is 5.26 Å². The molecule has 1 aromatic rings. The van der Waals surface area contributed by atoms with Crippen molar-refractivity contribution in [2.45, 2.75) is 6.42 Å². The second-order valence-corrected chi connectivity index (χ2v) is 4.01. The van der Waals surface area contributed by atoms with E-state index >= 15 is 0 Å². The van der Waals surface area contributed by atoms with Gasteiger partial charge >= 0.3 is 0 Å². The van der Waals surface area contributed by atoms with Crippen molar-refractivity contribution in [1.29, 1.82) is 5.26 Å². The lowest BCUT2D eigenvalue weighted by atomic mass is 10.1. The molecule has 62 valence electrons. The minimum Gasteiger partial charge on any atom is -0.192 e. The molecule has 0 atom stereocenters. The van der Waals surface area contributed by atoms with Crippen LogP contribution in [0, 0.1) is 11.3 Å². The molecule has 0 N–H and O–H groups in total. The summed E-state index contributed by atoms with van der Waals surface area (Å²) in [6.07, 6.45) is 0.990. The van der Waals surface area contributed by atoms with Crippen LogP contribution in [0.3, 0.4) is 0 Å². The van der Waals surface area contributed by atoms with E-state index in [0.29, 0.717) is 5.56 Å². The first-order chi connectivity index (χ1) is 5.77. The Balaban J connectivity index is 2.96. The van der Waals surface area contributed by atoms with Crippen molar-refractivity contribution >= 4 is 31.9 Å². The largest absolute Gasteiger partial charge is 0.192 e. The lowest BCUT2D eigenvalue weighted by Gasteiger charge is -1.99. The van der Waals surface area contributed by atoms with Crippen molar-refractivity contribution in [1.82, 2.24) is 0 Å². The predicted molar refractivity (Wildman–Crippen MR) is 56.4 cm³/mol. The molecule has 3 heteroatoms. The van der Waals surface area contributed by atoms with E-state index in [1.807, 2.05) is 18.2 Å². The molecule has 0 aliphatic heterocycles. The fourth-order valence-electron chi connectivity index (χ4n) is 0.914. The number of alkyl halides is 1. The summed E-state index contributed by atoms with van der Waals surface area (Å²) in [5.74, 6) is 0. The Bertz CT molecular complexity index is 315. The van der Waals surface area contributed by atoms with E-state index in [9.17, 15) is 0 Å². The molecule has 0 saturated heterocycles. The maximum Gasteiger partial charge on any atom is 0.100 e. The number of nitrogens with zero attached hydrogens (tertiary/aromatic N) is 1. The van der Waals surface area contributed by atoms with Crippen LogP contribution < -0.4 is 0 Å². The van der Waals surface area contributed by atoms with Crippen molar-refractivity contribution in [2.24, 2.45) is 0 Å². The number of nitriles is 1. The van der Waals surface area contributed by atoms with E-state index in [1.165, 1.54) is 5.56 Å². The zero-order valence-corrected chi connectivity index (χ0v) is 9.52. The summed E-state index contributed by atoms with van der Waals surface area (Å²) in [6, 6.07) is 7.90. The number of aryl methyl sites for hydroxylation is 1. The molecule has 0 aliphatic carbocycles. The predicted octanol–water partition coefficient (Wildman–Crippen LogP) is 3.26. The van der Waals surface area contributed by atoms with Gasteiger partial charge in [0.25, 0.3) is 0 Å². The summed E-state index contributed by atoms with van der Waals surface area (Å²) < 4.78 is 0.878. The van der Waals surface area contributed by atoms with Crippen molar-refractivity contribution < 1.29 is 0 Å². The van der Waals surface area contributed by atoms with Crippen molar-refractivity contribution in [2.75, 3.05) is 5.33 Å². The summed E-state index contributed by atoms with van der Waals surface area (Å²) in [6.45, 7) is 0. The molecule has 0 aliphatic rings. The molecule has 12 heavy (non-hydrogen) atoms. The zero-order chi connectivity index (χ0) is 8.97. The van der Waals surface area contributed by atoms with Crippen molar-refractivity contribution in [3.63, 3.8) is 0 Å². The van der Waals surface area contributed by atoms with E-state index in [0.717, 1.165) is 16.2 Å². The van der Waals surface area contributed by atoms with Crippen LogP contribution in [-0.4, -0.2) is 5.33 Å². The van der Waals surface area contributed by atoms with E-state index in [4.69, 9.17) is 5.26 Å². The van der Waals surface area contributed by atoms with E-state index < -0.39 is 0 Å². The summed E-state index contributed by atoms with van der Waals surface area (Å²) in [5.41, 5.74) is 1.92. The van der Waals surface area contributed by atoms with E-state index in [1.54, 1.807) is 0 Å². The third-order valence-corrected chi connectivity index (χ3v) is 2.59. The van der Waals surface area contributed by atoms with Crippen LogP contribution in [0.1, 0.15) is 11.1 Å². The molecular formula is C9H7Br2N. The maximum atomic E-state index is 8.65. The molecule has 0 bridgehead atoms. The molecule has 1 aromatic carbocycles. The lowest BCUT2D eigenvalue weighted by molar-refractivity contribution is 1.16. The second-order valence-electron chi connectivity index (χ2n) is 2.36. The minimum absolute atomic E-state index is 0.688. The number of halogens is 2. The fraction of sp³-hybridized carbons (Fsp3) is 0.222. The lowest BCUT2D eigenvalue weighted by Crippen LogP contribution is -1.86. The molecule has 0 unspecified atom stereocenters. The minimum atomic E-state index is 0.688. The van der Waals surface area contributed by atoms with Gasteiger partial charge in [-0.1, -0.05) is 22.0 Å². The highest BCUT2D eigenvalue weighted by molar-refractivity contribution is 9.10. The van der Waals surface area contributed by atoms with Crippen LogP contribution in [0.2, 0.25) is 0 Å². The Morgan fingerprint density at radius 2 is 2.17 bits per heavy atom. The van der Waals surface area contributed by atoms with Gasteiger partial charge in [0.1, 0.15) is 6.07 Å². The van der Waals surface area contributed by atoms with Gasteiger partial charge in [-0.05, 0) is 40.0 Å². The van der Waals surface area contributed by atoms with Gasteiger partial charge in [-0.25, -0.2) is 0 Å². The Hall–Kier alpha value is -0.330. The smallest absolute Gasteiger partial charge is 0.100 e. The Kier molecular flexibility index (Phi) is 3.77. The highest BCUT2D eigenvalue weighted by Gasteiger charge is 1.99. The maximum absolute atomic E-state index is 8.65. The van der Waals surface area contributed by atoms with Crippen LogP contribution in [0.15, 0.2) is 22.7 Å². The first kappa shape index (κ1) is 9.76. The fourth-order valence-corrected chi connectivity index (χ4v) is 1.89. The molecule has 0 radical (unpaired) electrons. The molecule has 1 nitrogen and oxygen atoms in total. The van der Waals surface area contributed by atoms with Gasteiger partial charge in [0.2, 0.25) is 0 Å². The number of benzene rings is 1. The first-order valence-electron chi connectivity index (χ1n) is 3.52. The van der Waals surface area contributed by atoms with Crippen LogP contribution in [0.5, 0.6) is 0 Å². The van der Waals surface area contributed by atoms with Gasteiger partial charge in [-0.15, -0.1) is 0 Å². The van der Waals surface area contributed by atoms with E-state index in [2.05, 4.69) is 37.9 Å². The third kappa shape index (κ3) is 2.33. The van der Waals surface area contributed by atoms with Gasteiger partial charge in [0.05, 0.1) is 5.56 Å².